The highest BCUT2D eigenvalue weighted by molar-refractivity contribution is 6.25. The molecule has 1 aliphatic carbocycles. The Balaban J connectivity index is 1.87. The number of carbonyl (C=O) groups excluding carboxylic acids is 1. The first-order valence-electron chi connectivity index (χ1n) is 12.5. The third kappa shape index (κ3) is 5.94. The van der Waals surface area contributed by atoms with Crippen LogP contribution in [0.2, 0.25) is 0 Å². The molecule has 0 saturated carbocycles. The standard InChI is InChI=1S/C29H39N5O/c1-8-33(19(3)4)24-14-10-22(11-15-24)31-28-21(7)29(27(35)18-26(28)30)32-23-12-16-25(17-13-23)34(9-2)20(5)6/h10-20,32H,8-9,30H2,1-7H3/b31-28-. The second-order valence-corrected chi connectivity index (χ2v) is 9.37. The second kappa shape index (κ2) is 11.3. The van der Waals surface area contributed by atoms with E-state index in [-0.39, 0.29) is 5.78 Å². The molecule has 3 N–H and O–H groups in total. The Hall–Kier alpha value is -3.54. The number of aliphatic imine (C=N–C) groups is 1. The van der Waals surface area contributed by atoms with Crippen LogP contribution in [0.3, 0.4) is 0 Å². The summed E-state index contributed by atoms with van der Waals surface area (Å²) >= 11 is 0. The highest BCUT2D eigenvalue weighted by atomic mass is 16.1. The van der Waals surface area contributed by atoms with Crippen molar-refractivity contribution in [3.05, 3.63) is 71.6 Å². The molecule has 2 aromatic carbocycles. The van der Waals surface area contributed by atoms with Gasteiger partial charge in [0.1, 0.15) is 0 Å². The maximum atomic E-state index is 12.8. The van der Waals surface area contributed by atoms with Crippen molar-refractivity contribution in [2.45, 2.75) is 60.5 Å². The van der Waals surface area contributed by atoms with Crippen LogP contribution in [-0.4, -0.2) is 36.7 Å². The molecule has 0 aromatic heterocycles. The molecular formula is C29H39N5O. The van der Waals surface area contributed by atoms with Crippen molar-refractivity contribution in [2.24, 2.45) is 10.7 Å². The van der Waals surface area contributed by atoms with E-state index in [1.54, 1.807) is 0 Å². The molecule has 6 nitrogen and oxygen atoms in total. The van der Waals surface area contributed by atoms with Gasteiger partial charge in [-0.05, 0) is 97.0 Å². The van der Waals surface area contributed by atoms with Gasteiger partial charge in [0.25, 0.3) is 0 Å². The molecule has 1 aliphatic rings. The van der Waals surface area contributed by atoms with Crippen molar-refractivity contribution in [3.8, 4) is 0 Å². The number of nitrogens with zero attached hydrogens (tertiary/aromatic N) is 3. The Labute approximate surface area is 210 Å². The molecule has 2 aromatic rings. The van der Waals surface area contributed by atoms with Gasteiger partial charge in [-0.2, -0.15) is 0 Å². The topological polar surface area (TPSA) is 74.0 Å². The molecule has 6 heteroatoms. The van der Waals surface area contributed by atoms with Gasteiger partial charge in [0, 0.05) is 53.9 Å². The Morgan fingerprint density at radius 3 is 1.80 bits per heavy atom. The van der Waals surface area contributed by atoms with E-state index < -0.39 is 0 Å². The number of nitrogens with one attached hydrogen (secondary N) is 1. The predicted octanol–water partition coefficient (Wildman–Crippen LogP) is 6.04. The SMILES string of the molecule is CCN(c1ccc(/N=C2\C(N)=CC(=O)C(Nc3ccc(N(CC)C(C)C)cc3)=C2C)cc1)C(C)C. The zero-order chi connectivity index (χ0) is 25.7. The van der Waals surface area contributed by atoms with Crippen LogP contribution < -0.4 is 20.9 Å². The van der Waals surface area contributed by atoms with Gasteiger partial charge in [0.05, 0.1) is 22.8 Å². The number of rotatable bonds is 9. The van der Waals surface area contributed by atoms with Gasteiger partial charge in [-0.3, -0.25) is 4.79 Å². The molecular weight excluding hydrogens is 434 g/mol. The smallest absolute Gasteiger partial charge is 0.204 e. The van der Waals surface area contributed by atoms with E-state index in [4.69, 9.17) is 10.7 Å². The zero-order valence-electron chi connectivity index (χ0n) is 22.1. The van der Waals surface area contributed by atoms with Crippen LogP contribution in [0.4, 0.5) is 22.7 Å². The lowest BCUT2D eigenvalue weighted by Crippen LogP contribution is -2.30. The van der Waals surface area contributed by atoms with Crippen molar-refractivity contribution >= 4 is 34.2 Å². The third-order valence-corrected chi connectivity index (χ3v) is 6.36. The quantitative estimate of drug-likeness (QED) is 0.434. The lowest BCUT2D eigenvalue weighted by Gasteiger charge is -2.27. The van der Waals surface area contributed by atoms with Crippen molar-refractivity contribution in [2.75, 3.05) is 28.2 Å². The fourth-order valence-electron chi connectivity index (χ4n) is 4.53. The minimum Gasteiger partial charge on any atom is -0.397 e. The molecule has 0 amide bonds. The van der Waals surface area contributed by atoms with E-state index in [0.717, 1.165) is 41.4 Å². The number of benzene rings is 2. The number of allylic oxidation sites excluding steroid dienone is 2. The summed E-state index contributed by atoms with van der Waals surface area (Å²) in [6, 6.07) is 17.1. The number of hydrogen-bond acceptors (Lipinski definition) is 6. The predicted molar refractivity (Wildman–Crippen MR) is 150 cm³/mol. The fourth-order valence-corrected chi connectivity index (χ4v) is 4.53. The van der Waals surface area contributed by atoms with Crippen molar-refractivity contribution in [1.82, 2.24) is 0 Å². The first kappa shape index (κ1) is 26.1. The Kier molecular flexibility index (Phi) is 8.39. The minimum atomic E-state index is -0.147. The summed E-state index contributed by atoms with van der Waals surface area (Å²) in [5, 5.41) is 3.30. The maximum Gasteiger partial charge on any atom is 0.204 e. The monoisotopic (exact) mass is 473 g/mol. The van der Waals surface area contributed by atoms with Crippen molar-refractivity contribution in [1.29, 1.82) is 0 Å². The van der Waals surface area contributed by atoms with Gasteiger partial charge < -0.3 is 20.9 Å². The summed E-state index contributed by atoms with van der Waals surface area (Å²) in [6.07, 6.45) is 1.45. The van der Waals surface area contributed by atoms with Gasteiger partial charge in [-0.25, -0.2) is 4.99 Å². The van der Waals surface area contributed by atoms with Crippen LogP contribution in [0.15, 0.2) is 76.6 Å². The molecule has 0 atom stereocenters. The summed E-state index contributed by atoms with van der Waals surface area (Å²) < 4.78 is 0. The number of nitrogens with two attached hydrogens (primary N) is 1. The lowest BCUT2D eigenvalue weighted by molar-refractivity contribution is -0.111. The van der Waals surface area contributed by atoms with E-state index in [2.05, 4.69) is 80.9 Å². The molecule has 35 heavy (non-hydrogen) atoms. The summed E-state index contributed by atoms with van der Waals surface area (Å²) in [7, 11) is 0. The normalized spacial score (nSPS) is 15.2. The molecule has 3 rings (SSSR count). The summed E-state index contributed by atoms with van der Waals surface area (Å²) in [4.78, 5) is 22.2. The molecule has 0 radical (unpaired) electrons. The first-order valence-corrected chi connectivity index (χ1v) is 12.5. The van der Waals surface area contributed by atoms with E-state index >= 15 is 0 Å². The summed E-state index contributed by atoms with van der Waals surface area (Å²) in [5.41, 5.74) is 12.4. The number of anilines is 3. The highest BCUT2D eigenvalue weighted by Crippen LogP contribution is 2.27. The van der Waals surface area contributed by atoms with Crippen LogP contribution in [0.5, 0.6) is 0 Å². The largest absolute Gasteiger partial charge is 0.397 e. The molecule has 186 valence electrons. The Bertz CT molecular complexity index is 1120. The van der Waals surface area contributed by atoms with E-state index in [1.165, 1.54) is 6.08 Å². The van der Waals surface area contributed by atoms with Crippen LogP contribution >= 0.6 is 0 Å². The summed E-state index contributed by atoms with van der Waals surface area (Å²) in [5.74, 6) is -0.147. The van der Waals surface area contributed by atoms with Gasteiger partial charge in [0.2, 0.25) is 5.78 Å². The fraction of sp³-hybridized carbons (Fsp3) is 0.379. The van der Waals surface area contributed by atoms with E-state index in [9.17, 15) is 4.79 Å². The number of hydrogen-bond donors (Lipinski definition) is 2. The first-order chi connectivity index (χ1) is 16.7. The van der Waals surface area contributed by atoms with Gasteiger partial charge in [-0.15, -0.1) is 0 Å². The van der Waals surface area contributed by atoms with E-state index in [0.29, 0.717) is 29.2 Å². The maximum absolute atomic E-state index is 12.8. The van der Waals surface area contributed by atoms with Crippen LogP contribution in [0.1, 0.15) is 48.5 Å². The van der Waals surface area contributed by atoms with Gasteiger partial charge >= 0.3 is 0 Å². The summed E-state index contributed by atoms with van der Waals surface area (Å²) in [6.45, 7) is 16.8. The molecule has 0 aliphatic heterocycles. The molecule has 0 spiro atoms. The average molecular weight is 474 g/mol. The molecule has 0 saturated heterocycles. The molecule has 0 heterocycles. The highest BCUT2D eigenvalue weighted by Gasteiger charge is 2.23. The Morgan fingerprint density at radius 1 is 0.857 bits per heavy atom. The average Bonchev–Trinajstić information content (AvgIpc) is 2.82. The number of carbonyl (C=O) groups is 1. The third-order valence-electron chi connectivity index (χ3n) is 6.36. The van der Waals surface area contributed by atoms with Crippen LogP contribution in [0.25, 0.3) is 0 Å². The molecule has 0 bridgehead atoms. The number of ketones is 1. The minimum absolute atomic E-state index is 0.147. The zero-order valence-corrected chi connectivity index (χ0v) is 22.1. The van der Waals surface area contributed by atoms with Crippen LogP contribution in [-0.2, 0) is 4.79 Å². The van der Waals surface area contributed by atoms with Crippen molar-refractivity contribution < 1.29 is 4.79 Å². The van der Waals surface area contributed by atoms with Gasteiger partial charge in [-0.1, -0.05) is 0 Å². The van der Waals surface area contributed by atoms with Crippen molar-refractivity contribution in [3.63, 3.8) is 0 Å². The van der Waals surface area contributed by atoms with Crippen LogP contribution in [0, 0.1) is 0 Å². The van der Waals surface area contributed by atoms with E-state index in [1.807, 2.05) is 31.2 Å². The molecule has 0 fully saturated rings. The molecule has 0 unspecified atom stereocenters. The van der Waals surface area contributed by atoms with Gasteiger partial charge in [0.15, 0.2) is 0 Å². The lowest BCUT2D eigenvalue weighted by atomic mass is 9.97. The second-order valence-electron chi connectivity index (χ2n) is 9.37. The Morgan fingerprint density at radius 2 is 1.34 bits per heavy atom.